The number of alkyl carbamates (subject to hydrolysis) is 1. The zero-order chi connectivity index (χ0) is 14.5. The smallest absolute Gasteiger partial charge is 0.407 e. The lowest BCUT2D eigenvalue weighted by atomic mass is 10.0. The van der Waals surface area contributed by atoms with Crippen molar-refractivity contribution >= 4 is 22.0 Å². The molecule has 0 radical (unpaired) electrons. The number of benzene rings is 1. The van der Waals surface area contributed by atoms with Crippen molar-refractivity contribution in [2.45, 2.75) is 52.2 Å². The molecule has 0 aliphatic heterocycles. The van der Waals surface area contributed by atoms with E-state index in [2.05, 4.69) is 40.3 Å². The lowest BCUT2D eigenvalue weighted by Crippen LogP contribution is -2.39. The van der Waals surface area contributed by atoms with Gasteiger partial charge in [0, 0.05) is 10.5 Å². The second-order valence-electron chi connectivity index (χ2n) is 5.58. The van der Waals surface area contributed by atoms with Gasteiger partial charge in [-0.3, -0.25) is 0 Å². The van der Waals surface area contributed by atoms with Crippen LogP contribution in [-0.2, 0) is 11.2 Å². The van der Waals surface area contributed by atoms with Gasteiger partial charge >= 0.3 is 6.09 Å². The molecule has 1 amide bonds. The molecule has 0 saturated heterocycles. The zero-order valence-electron chi connectivity index (χ0n) is 12.0. The predicted octanol–water partition coefficient (Wildman–Crippen LogP) is 4.29. The van der Waals surface area contributed by atoms with Crippen LogP contribution >= 0.6 is 15.9 Å². The molecular formula is C15H22BrNO2. The average Bonchev–Trinajstić information content (AvgIpc) is 2.28. The lowest BCUT2D eigenvalue weighted by molar-refractivity contribution is 0.0503. The van der Waals surface area contributed by atoms with Gasteiger partial charge in [0.05, 0.1) is 0 Å². The fourth-order valence-corrected chi connectivity index (χ4v) is 1.94. The summed E-state index contributed by atoms with van der Waals surface area (Å²) in [6, 6.07) is 8.23. The first-order valence-electron chi connectivity index (χ1n) is 6.54. The summed E-state index contributed by atoms with van der Waals surface area (Å²) in [6.07, 6.45) is 1.33. The molecule has 4 heteroatoms. The van der Waals surface area contributed by atoms with Crippen molar-refractivity contribution < 1.29 is 9.53 Å². The summed E-state index contributed by atoms with van der Waals surface area (Å²) >= 11 is 3.41. The molecule has 0 aromatic heterocycles. The number of hydrogen-bond acceptors (Lipinski definition) is 2. The highest BCUT2D eigenvalue weighted by Gasteiger charge is 2.18. The van der Waals surface area contributed by atoms with Gasteiger partial charge in [0.15, 0.2) is 0 Å². The van der Waals surface area contributed by atoms with Crippen molar-refractivity contribution in [1.29, 1.82) is 0 Å². The van der Waals surface area contributed by atoms with Crippen molar-refractivity contribution in [3.63, 3.8) is 0 Å². The minimum absolute atomic E-state index is 0.0935. The molecule has 0 spiro atoms. The third kappa shape index (κ3) is 6.62. The van der Waals surface area contributed by atoms with E-state index >= 15 is 0 Å². The maximum absolute atomic E-state index is 11.7. The molecule has 0 unspecified atom stereocenters. The van der Waals surface area contributed by atoms with E-state index in [-0.39, 0.29) is 12.1 Å². The third-order valence-corrected chi connectivity index (χ3v) is 3.14. The van der Waals surface area contributed by atoms with E-state index in [1.165, 1.54) is 5.56 Å². The van der Waals surface area contributed by atoms with Crippen molar-refractivity contribution in [3.8, 4) is 0 Å². The molecule has 0 aliphatic carbocycles. The Balaban J connectivity index is 2.54. The Morgan fingerprint density at radius 1 is 1.32 bits per heavy atom. The Hall–Kier alpha value is -1.03. The first kappa shape index (κ1) is 16.0. The van der Waals surface area contributed by atoms with Crippen molar-refractivity contribution in [1.82, 2.24) is 5.32 Å². The van der Waals surface area contributed by atoms with Crippen LogP contribution < -0.4 is 5.32 Å². The van der Waals surface area contributed by atoms with Crippen LogP contribution in [0.2, 0.25) is 0 Å². The number of ether oxygens (including phenoxy) is 1. The number of rotatable bonds is 4. The van der Waals surface area contributed by atoms with E-state index in [1.807, 2.05) is 32.9 Å². The van der Waals surface area contributed by atoms with Gasteiger partial charge in [-0.1, -0.05) is 35.0 Å². The molecule has 0 aliphatic rings. The largest absolute Gasteiger partial charge is 0.444 e. The quantitative estimate of drug-likeness (QED) is 0.895. The summed E-state index contributed by atoms with van der Waals surface area (Å²) in [7, 11) is 0. The second kappa shape index (κ2) is 6.94. The molecule has 3 nitrogen and oxygen atoms in total. The number of hydrogen-bond donors (Lipinski definition) is 1. The third-order valence-electron chi connectivity index (χ3n) is 2.61. The first-order chi connectivity index (χ1) is 8.80. The molecule has 1 N–H and O–H groups in total. The molecule has 1 aromatic carbocycles. The minimum Gasteiger partial charge on any atom is -0.444 e. The molecule has 19 heavy (non-hydrogen) atoms. The summed E-state index contributed by atoms with van der Waals surface area (Å²) in [5.41, 5.74) is 0.742. The zero-order valence-corrected chi connectivity index (χ0v) is 13.6. The summed E-state index contributed by atoms with van der Waals surface area (Å²) < 4.78 is 6.33. The number of halogens is 1. The number of nitrogens with one attached hydrogen (secondary N) is 1. The molecule has 0 saturated carbocycles. The maximum atomic E-state index is 11.7. The van der Waals surface area contributed by atoms with E-state index in [9.17, 15) is 4.79 Å². The molecule has 0 bridgehead atoms. The Kier molecular flexibility index (Phi) is 5.85. The van der Waals surface area contributed by atoms with Gasteiger partial charge in [-0.2, -0.15) is 0 Å². The van der Waals surface area contributed by atoms with Crippen LogP contribution in [-0.4, -0.2) is 17.7 Å². The minimum atomic E-state index is -0.458. The predicted molar refractivity (Wildman–Crippen MR) is 81.3 cm³/mol. The standard InChI is InChI=1S/C15H22BrNO2/c1-5-13(17-14(18)19-15(2,3)4)10-11-6-8-12(16)9-7-11/h6-9,13H,5,10H2,1-4H3,(H,17,18)/t13-/m0/s1. The molecule has 0 fully saturated rings. The van der Waals surface area contributed by atoms with Gasteiger partial charge in [-0.15, -0.1) is 0 Å². The highest BCUT2D eigenvalue weighted by Crippen LogP contribution is 2.13. The molecule has 106 valence electrons. The van der Waals surface area contributed by atoms with Crippen LogP contribution in [0.5, 0.6) is 0 Å². The van der Waals surface area contributed by atoms with Crippen molar-refractivity contribution in [2.24, 2.45) is 0 Å². The second-order valence-corrected chi connectivity index (χ2v) is 6.50. The van der Waals surface area contributed by atoms with E-state index in [4.69, 9.17) is 4.74 Å². The summed E-state index contributed by atoms with van der Waals surface area (Å²) in [5.74, 6) is 0. The Bertz CT molecular complexity index is 409. The van der Waals surface area contributed by atoms with E-state index in [1.54, 1.807) is 0 Å². The maximum Gasteiger partial charge on any atom is 0.407 e. The Morgan fingerprint density at radius 2 is 1.89 bits per heavy atom. The first-order valence-corrected chi connectivity index (χ1v) is 7.33. The molecule has 0 heterocycles. The van der Waals surface area contributed by atoms with Crippen LogP contribution in [0, 0.1) is 0 Å². The van der Waals surface area contributed by atoms with Crippen molar-refractivity contribution in [2.75, 3.05) is 0 Å². The normalized spacial score (nSPS) is 12.9. The van der Waals surface area contributed by atoms with Crippen LogP contribution in [0.4, 0.5) is 4.79 Å². The van der Waals surface area contributed by atoms with Crippen LogP contribution in [0.15, 0.2) is 28.7 Å². The van der Waals surface area contributed by atoms with Gasteiger partial charge in [0.2, 0.25) is 0 Å². The number of carbonyl (C=O) groups excluding carboxylic acids is 1. The molecule has 1 aromatic rings. The SMILES string of the molecule is CC[C@@H](Cc1ccc(Br)cc1)NC(=O)OC(C)(C)C. The summed E-state index contributed by atoms with van der Waals surface area (Å²) in [5, 5.41) is 2.91. The van der Waals surface area contributed by atoms with Gasteiger partial charge in [0.1, 0.15) is 5.60 Å². The lowest BCUT2D eigenvalue weighted by Gasteiger charge is -2.23. The van der Waals surface area contributed by atoms with Crippen LogP contribution in [0.3, 0.4) is 0 Å². The van der Waals surface area contributed by atoms with Gasteiger partial charge in [-0.25, -0.2) is 4.79 Å². The Labute approximate surface area is 123 Å². The summed E-state index contributed by atoms with van der Waals surface area (Å²) in [4.78, 5) is 11.7. The number of carbonyl (C=O) groups is 1. The van der Waals surface area contributed by atoms with Crippen LogP contribution in [0.1, 0.15) is 39.7 Å². The Morgan fingerprint density at radius 3 is 2.37 bits per heavy atom. The van der Waals surface area contributed by atoms with Gasteiger partial charge in [-0.05, 0) is 51.3 Å². The van der Waals surface area contributed by atoms with Crippen molar-refractivity contribution in [3.05, 3.63) is 34.3 Å². The average molecular weight is 328 g/mol. The highest BCUT2D eigenvalue weighted by atomic mass is 79.9. The monoisotopic (exact) mass is 327 g/mol. The van der Waals surface area contributed by atoms with E-state index in [0.717, 1.165) is 17.3 Å². The fourth-order valence-electron chi connectivity index (χ4n) is 1.68. The van der Waals surface area contributed by atoms with E-state index < -0.39 is 5.60 Å². The van der Waals surface area contributed by atoms with Crippen LogP contribution in [0.25, 0.3) is 0 Å². The molecular weight excluding hydrogens is 306 g/mol. The fraction of sp³-hybridized carbons (Fsp3) is 0.533. The molecule has 1 rings (SSSR count). The number of amides is 1. The molecule has 1 atom stereocenters. The van der Waals surface area contributed by atoms with Gasteiger partial charge < -0.3 is 10.1 Å². The topological polar surface area (TPSA) is 38.3 Å². The van der Waals surface area contributed by atoms with Gasteiger partial charge in [0.25, 0.3) is 0 Å². The summed E-state index contributed by atoms with van der Waals surface area (Å²) in [6.45, 7) is 7.65. The van der Waals surface area contributed by atoms with E-state index in [0.29, 0.717) is 0 Å². The highest BCUT2D eigenvalue weighted by molar-refractivity contribution is 9.10.